The van der Waals surface area contributed by atoms with Crippen LogP contribution in [-0.4, -0.2) is 19.6 Å². The molecule has 1 aliphatic heterocycles. The standard InChI is InChI=1S/C29H38O6/c1-6-7-8-9-10-11-21-15-20(4)16-22-17-33-29(31)26-24(35-27(21)22)13-12-23(28(26)32-5)25(34-18-30)14-19(2)3/h12-13,15-16,18-19,25H,6-11,14,17H2,1-5H3. The lowest BCUT2D eigenvalue weighted by Crippen LogP contribution is -2.16. The van der Waals surface area contributed by atoms with Crippen LogP contribution in [0, 0.1) is 12.8 Å². The second kappa shape index (κ2) is 12.6. The van der Waals surface area contributed by atoms with Gasteiger partial charge < -0.3 is 18.9 Å². The van der Waals surface area contributed by atoms with Gasteiger partial charge in [0.25, 0.3) is 6.47 Å². The van der Waals surface area contributed by atoms with E-state index in [1.807, 2.05) is 26.8 Å². The number of ether oxygens (including phenoxy) is 4. The summed E-state index contributed by atoms with van der Waals surface area (Å²) in [7, 11) is 1.50. The van der Waals surface area contributed by atoms with Gasteiger partial charge in [-0.25, -0.2) is 4.79 Å². The summed E-state index contributed by atoms with van der Waals surface area (Å²) in [5, 5.41) is 0. The smallest absolute Gasteiger partial charge is 0.346 e. The Hall–Kier alpha value is -3.02. The number of methoxy groups -OCH3 is 1. The predicted octanol–water partition coefficient (Wildman–Crippen LogP) is 7.24. The monoisotopic (exact) mass is 482 g/mol. The third kappa shape index (κ3) is 6.56. The number of aryl methyl sites for hydroxylation is 2. The van der Waals surface area contributed by atoms with Crippen molar-refractivity contribution in [1.82, 2.24) is 0 Å². The first-order valence-electron chi connectivity index (χ1n) is 12.7. The zero-order chi connectivity index (χ0) is 25.4. The Balaban J connectivity index is 2.02. The summed E-state index contributed by atoms with van der Waals surface area (Å²) in [4.78, 5) is 24.3. The molecule has 3 rings (SSSR count). The molecule has 0 saturated carbocycles. The first kappa shape index (κ1) is 26.6. The molecule has 6 heteroatoms. The van der Waals surface area contributed by atoms with Crippen LogP contribution in [0.15, 0.2) is 24.3 Å². The van der Waals surface area contributed by atoms with Gasteiger partial charge in [-0.1, -0.05) is 58.1 Å². The van der Waals surface area contributed by atoms with Crippen molar-refractivity contribution in [2.24, 2.45) is 5.92 Å². The minimum Gasteiger partial charge on any atom is -0.495 e. The minimum atomic E-state index is -0.542. The maximum Gasteiger partial charge on any atom is 0.346 e. The fourth-order valence-electron chi connectivity index (χ4n) is 4.68. The van der Waals surface area contributed by atoms with Crippen LogP contribution in [0.1, 0.15) is 98.0 Å². The predicted molar refractivity (Wildman–Crippen MR) is 135 cm³/mol. The van der Waals surface area contributed by atoms with Crippen molar-refractivity contribution in [1.29, 1.82) is 0 Å². The molecular weight excluding hydrogens is 444 g/mol. The van der Waals surface area contributed by atoms with Crippen LogP contribution in [0.4, 0.5) is 0 Å². The minimum absolute atomic E-state index is 0.117. The van der Waals surface area contributed by atoms with E-state index in [1.54, 1.807) is 12.1 Å². The molecule has 190 valence electrons. The number of fused-ring (bicyclic) bond motifs is 2. The third-order valence-electron chi connectivity index (χ3n) is 6.32. The second-order valence-corrected chi connectivity index (χ2v) is 9.67. The van der Waals surface area contributed by atoms with Gasteiger partial charge in [-0.15, -0.1) is 0 Å². The molecule has 1 unspecified atom stereocenters. The number of hydrogen-bond acceptors (Lipinski definition) is 6. The number of esters is 1. The lowest BCUT2D eigenvalue weighted by Gasteiger charge is -2.25. The number of cyclic esters (lactones) is 1. The van der Waals surface area contributed by atoms with E-state index < -0.39 is 12.1 Å². The van der Waals surface area contributed by atoms with Crippen molar-refractivity contribution in [3.8, 4) is 17.2 Å². The Morgan fingerprint density at radius 2 is 1.89 bits per heavy atom. The molecular formula is C29H38O6. The molecule has 0 fully saturated rings. The molecule has 0 bridgehead atoms. The highest BCUT2D eigenvalue weighted by molar-refractivity contribution is 5.96. The van der Waals surface area contributed by atoms with Gasteiger partial charge in [0.1, 0.15) is 35.5 Å². The normalized spacial score (nSPS) is 13.6. The van der Waals surface area contributed by atoms with Crippen molar-refractivity contribution in [2.45, 2.75) is 85.4 Å². The van der Waals surface area contributed by atoms with Gasteiger partial charge in [0.15, 0.2) is 0 Å². The van der Waals surface area contributed by atoms with E-state index in [2.05, 4.69) is 13.0 Å². The van der Waals surface area contributed by atoms with E-state index in [0.717, 1.165) is 35.3 Å². The molecule has 0 amide bonds. The Bertz CT molecular complexity index is 1030. The quantitative estimate of drug-likeness (QED) is 0.180. The summed E-state index contributed by atoms with van der Waals surface area (Å²) in [6, 6.07) is 7.72. The van der Waals surface area contributed by atoms with E-state index in [-0.39, 0.29) is 18.1 Å². The van der Waals surface area contributed by atoms with Gasteiger partial charge >= 0.3 is 5.97 Å². The topological polar surface area (TPSA) is 71.1 Å². The summed E-state index contributed by atoms with van der Waals surface area (Å²) in [6.45, 7) is 8.90. The molecule has 0 aliphatic carbocycles. The van der Waals surface area contributed by atoms with Crippen LogP contribution < -0.4 is 9.47 Å². The molecule has 1 heterocycles. The number of carbonyl (C=O) groups is 2. The van der Waals surface area contributed by atoms with Crippen LogP contribution in [0.25, 0.3) is 0 Å². The highest BCUT2D eigenvalue weighted by Crippen LogP contribution is 2.43. The molecule has 0 N–H and O–H groups in total. The van der Waals surface area contributed by atoms with E-state index in [0.29, 0.717) is 30.0 Å². The maximum atomic E-state index is 13.2. The molecule has 6 nitrogen and oxygen atoms in total. The Morgan fingerprint density at radius 1 is 1.11 bits per heavy atom. The van der Waals surface area contributed by atoms with Gasteiger partial charge in [-0.2, -0.15) is 0 Å². The van der Waals surface area contributed by atoms with Gasteiger partial charge in [0.05, 0.1) is 7.11 Å². The summed E-state index contributed by atoms with van der Waals surface area (Å²) >= 11 is 0. The maximum absolute atomic E-state index is 13.2. The van der Waals surface area contributed by atoms with E-state index in [4.69, 9.17) is 18.9 Å². The van der Waals surface area contributed by atoms with E-state index >= 15 is 0 Å². The number of carbonyl (C=O) groups excluding carboxylic acids is 2. The van der Waals surface area contributed by atoms with Crippen molar-refractivity contribution in [3.63, 3.8) is 0 Å². The summed E-state index contributed by atoms with van der Waals surface area (Å²) in [6.07, 6.45) is 6.89. The Kier molecular flexibility index (Phi) is 9.58. The van der Waals surface area contributed by atoms with E-state index in [9.17, 15) is 9.59 Å². The Morgan fingerprint density at radius 3 is 2.57 bits per heavy atom. The largest absolute Gasteiger partial charge is 0.495 e. The fraction of sp³-hybridized carbons (Fsp3) is 0.517. The van der Waals surface area contributed by atoms with Gasteiger partial charge in [-0.05, 0) is 55.9 Å². The molecule has 35 heavy (non-hydrogen) atoms. The van der Waals surface area contributed by atoms with Crippen molar-refractivity contribution < 1.29 is 28.5 Å². The van der Waals surface area contributed by atoms with Crippen LogP contribution in [0.5, 0.6) is 17.2 Å². The van der Waals surface area contributed by atoms with Gasteiger partial charge in [0, 0.05) is 11.1 Å². The van der Waals surface area contributed by atoms with Crippen LogP contribution in [-0.2, 0) is 27.3 Å². The zero-order valence-electron chi connectivity index (χ0n) is 21.6. The zero-order valence-corrected chi connectivity index (χ0v) is 21.6. The molecule has 2 aromatic rings. The molecule has 1 atom stereocenters. The third-order valence-corrected chi connectivity index (χ3v) is 6.32. The van der Waals surface area contributed by atoms with E-state index in [1.165, 1.54) is 32.8 Å². The van der Waals surface area contributed by atoms with Crippen molar-refractivity contribution in [3.05, 3.63) is 52.1 Å². The molecule has 2 aromatic carbocycles. The average molecular weight is 483 g/mol. The molecule has 0 aromatic heterocycles. The summed E-state index contributed by atoms with van der Waals surface area (Å²) in [5.41, 5.74) is 3.92. The highest BCUT2D eigenvalue weighted by Gasteiger charge is 2.30. The number of hydrogen-bond donors (Lipinski definition) is 0. The van der Waals surface area contributed by atoms with Crippen molar-refractivity contribution >= 4 is 12.4 Å². The van der Waals surface area contributed by atoms with Crippen molar-refractivity contribution in [2.75, 3.05) is 7.11 Å². The summed E-state index contributed by atoms with van der Waals surface area (Å²) < 4.78 is 23.2. The lowest BCUT2D eigenvalue weighted by atomic mass is 9.95. The highest BCUT2D eigenvalue weighted by atomic mass is 16.5. The van der Waals surface area contributed by atoms with Gasteiger partial charge in [0.2, 0.25) is 0 Å². The first-order valence-corrected chi connectivity index (χ1v) is 12.7. The SMILES string of the molecule is CCCCCCCc1cc(C)cc2c1Oc1ccc(C(CC(C)C)OC=O)c(OC)c1C(=O)OC2. The first-order chi connectivity index (χ1) is 16.9. The molecule has 1 aliphatic rings. The van der Waals surface area contributed by atoms with Crippen LogP contribution in [0.3, 0.4) is 0 Å². The number of rotatable bonds is 12. The molecule has 0 saturated heterocycles. The van der Waals surface area contributed by atoms with Crippen LogP contribution >= 0.6 is 0 Å². The lowest BCUT2D eigenvalue weighted by molar-refractivity contribution is -0.134. The average Bonchev–Trinajstić information content (AvgIpc) is 2.82. The fourth-order valence-corrected chi connectivity index (χ4v) is 4.68. The number of unbranched alkanes of at least 4 members (excludes halogenated alkanes) is 4. The molecule has 0 spiro atoms. The number of benzene rings is 2. The Labute approximate surface area is 208 Å². The van der Waals surface area contributed by atoms with Gasteiger partial charge in [-0.3, -0.25) is 4.79 Å². The second-order valence-electron chi connectivity index (χ2n) is 9.67. The van der Waals surface area contributed by atoms with Crippen LogP contribution in [0.2, 0.25) is 0 Å². The molecule has 0 radical (unpaired) electrons. The summed E-state index contributed by atoms with van der Waals surface area (Å²) in [5.74, 6) is 1.18.